The summed E-state index contributed by atoms with van der Waals surface area (Å²) in [6.07, 6.45) is 2.63. The van der Waals surface area contributed by atoms with Gasteiger partial charge in [-0.15, -0.1) is 0 Å². The van der Waals surface area contributed by atoms with Crippen LogP contribution in [0.1, 0.15) is 39.0 Å². The molecule has 0 saturated carbocycles. The van der Waals surface area contributed by atoms with Crippen LogP contribution in [0.2, 0.25) is 0 Å². The normalized spacial score (nSPS) is 20.6. The molecule has 7 heteroatoms. The molecule has 1 aliphatic rings. The van der Waals surface area contributed by atoms with Gasteiger partial charge in [-0.3, -0.25) is 9.59 Å². The number of unbranched alkanes of at least 4 members (excludes halogenated alkanes) is 1. The molecule has 0 aromatic carbocycles. The first-order valence-electron chi connectivity index (χ1n) is 6.96. The second-order valence-electron chi connectivity index (χ2n) is 5.07. The minimum Gasteiger partial charge on any atom is -0.469 e. The maximum atomic E-state index is 12.2. The van der Waals surface area contributed by atoms with E-state index in [2.05, 4.69) is 4.74 Å². The van der Waals surface area contributed by atoms with E-state index in [0.717, 1.165) is 12.8 Å². The Morgan fingerprint density at radius 1 is 1.30 bits per heavy atom. The van der Waals surface area contributed by atoms with Crippen molar-refractivity contribution in [1.82, 2.24) is 4.90 Å². The Kier molecular flexibility index (Phi) is 6.45. The highest BCUT2D eigenvalue weighted by Crippen LogP contribution is 2.19. The van der Waals surface area contributed by atoms with Crippen LogP contribution in [-0.4, -0.2) is 56.4 Å². The van der Waals surface area contributed by atoms with Gasteiger partial charge in [-0.05, 0) is 12.8 Å². The van der Waals surface area contributed by atoms with Crippen molar-refractivity contribution in [3.8, 4) is 0 Å². The quantitative estimate of drug-likeness (QED) is 0.649. The predicted molar refractivity (Wildman–Crippen MR) is 74.9 cm³/mol. The summed E-state index contributed by atoms with van der Waals surface area (Å²) >= 11 is 0. The Bertz CT molecular complexity index is 446. The van der Waals surface area contributed by atoms with Crippen molar-refractivity contribution in [1.29, 1.82) is 0 Å². The number of hydrogen-bond donors (Lipinski definition) is 0. The average Bonchev–Trinajstić information content (AvgIpc) is 2.76. The van der Waals surface area contributed by atoms with E-state index in [1.54, 1.807) is 4.90 Å². The molecule has 20 heavy (non-hydrogen) atoms. The van der Waals surface area contributed by atoms with Gasteiger partial charge in [0.1, 0.15) is 0 Å². The molecule has 0 aromatic rings. The van der Waals surface area contributed by atoms with Crippen LogP contribution in [0.4, 0.5) is 0 Å². The molecule has 1 atom stereocenters. The zero-order chi connectivity index (χ0) is 15.2. The van der Waals surface area contributed by atoms with E-state index in [0.29, 0.717) is 12.8 Å². The number of ether oxygens (including phenoxy) is 1. The number of hydrogen-bond acceptors (Lipinski definition) is 5. The lowest BCUT2D eigenvalue weighted by Crippen LogP contribution is -2.42. The molecule has 1 fully saturated rings. The van der Waals surface area contributed by atoms with Crippen molar-refractivity contribution < 1.29 is 22.7 Å². The Balaban J connectivity index is 2.68. The summed E-state index contributed by atoms with van der Waals surface area (Å²) in [5, 5.41) is 0. The molecule has 1 rings (SSSR count). The molecule has 116 valence electrons. The average molecular weight is 305 g/mol. The Hall–Kier alpha value is -1.11. The molecule has 0 N–H and O–H groups in total. The standard InChI is InChI=1S/C13H23NO5S/c1-3-4-5-12(15)14(8-6-13(16)19-2)11-7-9-20(17,18)10-11/h11H,3-10H2,1-2H3/t11-/m1/s1. The van der Waals surface area contributed by atoms with E-state index < -0.39 is 9.84 Å². The molecule has 0 aliphatic carbocycles. The summed E-state index contributed by atoms with van der Waals surface area (Å²) in [5.74, 6) is -0.337. The highest BCUT2D eigenvalue weighted by molar-refractivity contribution is 7.91. The molecular weight excluding hydrogens is 282 g/mol. The Morgan fingerprint density at radius 3 is 2.50 bits per heavy atom. The molecule has 0 unspecified atom stereocenters. The topological polar surface area (TPSA) is 80.8 Å². The van der Waals surface area contributed by atoms with Crippen molar-refractivity contribution in [3.05, 3.63) is 0 Å². The van der Waals surface area contributed by atoms with Gasteiger partial charge in [-0.25, -0.2) is 8.42 Å². The van der Waals surface area contributed by atoms with Crippen LogP contribution in [0.3, 0.4) is 0 Å². The second kappa shape index (κ2) is 7.61. The van der Waals surface area contributed by atoms with Gasteiger partial charge in [-0.1, -0.05) is 13.3 Å². The minimum atomic E-state index is -3.05. The van der Waals surface area contributed by atoms with Gasteiger partial charge in [-0.2, -0.15) is 0 Å². The van der Waals surface area contributed by atoms with E-state index in [1.165, 1.54) is 7.11 Å². The largest absolute Gasteiger partial charge is 0.469 e. The summed E-state index contributed by atoms with van der Waals surface area (Å²) in [6, 6.07) is -0.297. The SMILES string of the molecule is CCCCC(=O)N(CCC(=O)OC)[C@@H]1CCS(=O)(=O)C1. The number of nitrogens with zero attached hydrogens (tertiary/aromatic N) is 1. The summed E-state index contributed by atoms with van der Waals surface area (Å²) < 4.78 is 27.7. The number of rotatable bonds is 7. The van der Waals surface area contributed by atoms with E-state index >= 15 is 0 Å². The summed E-state index contributed by atoms with van der Waals surface area (Å²) in [4.78, 5) is 24.9. The number of amides is 1. The maximum Gasteiger partial charge on any atom is 0.307 e. The smallest absolute Gasteiger partial charge is 0.307 e. The Labute approximate surface area is 120 Å². The number of carbonyl (C=O) groups is 2. The van der Waals surface area contributed by atoms with Crippen LogP contribution in [-0.2, 0) is 24.2 Å². The molecule has 0 aromatic heterocycles. The summed E-state index contributed by atoms with van der Waals surface area (Å²) in [7, 11) is -1.75. The number of carbonyl (C=O) groups excluding carboxylic acids is 2. The fraction of sp³-hybridized carbons (Fsp3) is 0.846. The first-order valence-corrected chi connectivity index (χ1v) is 8.78. The van der Waals surface area contributed by atoms with Crippen molar-refractivity contribution in [2.24, 2.45) is 0 Å². The molecule has 1 amide bonds. The van der Waals surface area contributed by atoms with Crippen LogP contribution < -0.4 is 0 Å². The lowest BCUT2D eigenvalue weighted by Gasteiger charge is -2.28. The third kappa shape index (κ3) is 5.11. The maximum absolute atomic E-state index is 12.2. The Morgan fingerprint density at radius 2 is 2.00 bits per heavy atom. The number of sulfone groups is 1. The third-order valence-corrected chi connectivity index (χ3v) is 5.25. The minimum absolute atomic E-state index is 0.00599. The van der Waals surface area contributed by atoms with Gasteiger partial charge >= 0.3 is 5.97 Å². The molecule has 1 saturated heterocycles. The zero-order valence-electron chi connectivity index (χ0n) is 12.1. The van der Waals surface area contributed by atoms with E-state index in [-0.39, 0.29) is 42.4 Å². The highest BCUT2D eigenvalue weighted by atomic mass is 32.2. The summed E-state index contributed by atoms with van der Waals surface area (Å²) in [5.41, 5.74) is 0. The number of esters is 1. The molecule has 0 bridgehead atoms. The van der Waals surface area contributed by atoms with E-state index in [4.69, 9.17) is 0 Å². The van der Waals surface area contributed by atoms with Crippen LogP contribution >= 0.6 is 0 Å². The lowest BCUT2D eigenvalue weighted by molar-refractivity contribution is -0.142. The molecule has 0 radical (unpaired) electrons. The van der Waals surface area contributed by atoms with Crippen LogP contribution in [0.15, 0.2) is 0 Å². The fourth-order valence-corrected chi connectivity index (χ4v) is 4.05. The van der Waals surface area contributed by atoms with Crippen LogP contribution in [0.5, 0.6) is 0 Å². The van der Waals surface area contributed by atoms with Crippen molar-refractivity contribution in [2.75, 3.05) is 25.2 Å². The van der Waals surface area contributed by atoms with Crippen LogP contribution in [0.25, 0.3) is 0 Å². The zero-order valence-corrected chi connectivity index (χ0v) is 12.9. The van der Waals surface area contributed by atoms with Crippen LogP contribution in [0, 0.1) is 0 Å². The second-order valence-corrected chi connectivity index (χ2v) is 7.30. The van der Waals surface area contributed by atoms with Gasteiger partial charge < -0.3 is 9.64 Å². The molecular formula is C13H23NO5S. The molecule has 6 nitrogen and oxygen atoms in total. The monoisotopic (exact) mass is 305 g/mol. The van der Waals surface area contributed by atoms with E-state index in [1.807, 2.05) is 6.92 Å². The van der Waals surface area contributed by atoms with Crippen molar-refractivity contribution >= 4 is 21.7 Å². The summed E-state index contributed by atoms with van der Waals surface area (Å²) in [6.45, 7) is 2.22. The highest BCUT2D eigenvalue weighted by Gasteiger charge is 2.34. The first kappa shape index (κ1) is 16.9. The van der Waals surface area contributed by atoms with E-state index in [9.17, 15) is 18.0 Å². The lowest BCUT2D eigenvalue weighted by atomic mass is 10.1. The number of methoxy groups -OCH3 is 1. The molecule has 1 aliphatic heterocycles. The molecule has 0 spiro atoms. The first-order chi connectivity index (χ1) is 9.39. The van der Waals surface area contributed by atoms with Crippen molar-refractivity contribution in [3.63, 3.8) is 0 Å². The van der Waals surface area contributed by atoms with Gasteiger partial charge in [0, 0.05) is 19.0 Å². The molecule has 1 heterocycles. The van der Waals surface area contributed by atoms with Gasteiger partial charge in [0.05, 0.1) is 25.0 Å². The fourth-order valence-electron chi connectivity index (χ4n) is 2.32. The van der Waals surface area contributed by atoms with Gasteiger partial charge in [0.25, 0.3) is 0 Å². The van der Waals surface area contributed by atoms with Gasteiger partial charge in [0.2, 0.25) is 5.91 Å². The van der Waals surface area contributed by atoms with Crippen molar-refractivity contribution in [2.45, 2.75) is 45.1 Å². The van der Waals surface area contributed by atoms with Gasteiger partial charge in [0.15, 0.2) is 9.84 Å². The third-order valence-electron chi connectivity index (χ3n) is 3.50. The predicted octanol–water partition coefficient (Wildman–Crippen LogP) is 0.755.